The topological polar surface area (TPSA) is 81.4 Å². The van der Waals surface area contributed by atoms with Gasteiger partial charge in [-0.15, -0.1) is 0 Å². The third-order valence-corrected chi connectivity index (χ3v) is 6.48. The Bertz CT molecular complexity index is 1210. The highest BCUT2D eigenvalue weighted by atomic mass is 35.5. The number of ether oxygens (including phenoxy) is 1. The zero-order valence-corrected chi connectivity index (χ0v) is 19.4. The first-order chi connectivity index (χ1) is 16.4. The van der Waals surface area contributed by atoms with Crippen LogP contribution in [0, 0.1) is 17.7 Å². The monoisotopic (exact) mass is 484 g/mol. The van der Waals surface area contributed by atoms with Crippen LogP contribution in [0.1, 0.15) is 25.7 Å². The van der Waals surface area contributed by atoms with Gasteiger partial charge in [0.05, 0.1) is 12.3 Å². The fourth-order valence-electron chi connectivity index (χ4n) is 4.48. The van der Waals surface area contributed by atoms with Gasteiger partial charge in [0, 0.05) is 34.3 Å². The van der Waals surface area contributed by atoms with Gasteiger partial charge in [0.25, 0.3) is 5.56 Å². The van der Waals surface area contributed by atoms with Gasteiger partial charge in [0.1, 0.15) is 12.4 Å². The third-order valence-electron chi connectivity index (χ3n) is 6.24. The molecule has 1 fully saturated rings. The Hall–Kier alpha value is -3.03. The lowest BCUT2D eigenvalue weighted by molar-refractivity contribution is -0.142. The molecule has 1 aromatic heterocycles. The van der Waals surface area contributed by atoms with Crippen molar-refractivity contribution in [2.45, 2.75) is 32.2 Å². The number of carboxylic acids is 1. The zero-order valence-electron chi connectivity index (χ0n) is 18.6. The summed E-state index contributed by atoms with van der Waals surface area (Å²) in [5.74, 6) is -0.829. The number of aromatic nitrogens is 2. The lowest BCUT2D eigenvalue weighted by atomic mass is 9.82. The second kappa shape index (κ2) is 10.9. The minimum Gasteiger partial charge on any atom is -0.480 e. The predicted molar refractivity (Wildman–Crippen MR) is 128 cm³/mol. The van der Waals surface area contributed by atoms with E-state index in [-0.39, 0.29) is 23.6 Å². The number of carboxylic acid groups (broad SMARTS) is 1. The molecule has 1 saturated carbocycles. The first-order valence-corrected chi connectivity index (χ1v) is 11.7. The molecule has 0 aliphatic heterocycles. The SMILES string of the molecule is O=C(O)COC[C@H]1CC[C@@H](Cn2nc(-c3ccccc3)c(-c3cc(Cl)ccc3F)cc2=O)CC1. The average Bonchev–Trinajstić information content (AvgIpc) is 2.83. The number of halogens is 2. The summed E-state index contributed by atoms with van der Waals surface area (Å²) >= 11 is 6.12. The fourth-order valence-corrected chi connectivity index (χ4v) is 4.65. The predicted octanol–water partition coefficient (Wildman–Crippen LogP) is 5.28. The fraction of sp³-hybridized carbons (Fsp3) is 0.346. The third kappa shape index (κ3) is 5.90. The highest BCUT2D eigenvalue weighted by Gasteiger charge is 2.24. The number of nitrogens with zero attached hydrogens (tertiary/aromatic N) is 2. The van der Waals surface area contributed by atoms with E-state index in [2.05, 4.69) is 5.10 Å². The Kier molecular flexibility index (Phi) is 7.75. The van der Waals surface area contributed by atoms with E-state index in [1.54, 1.807) is 0 Å². The molecular formula is C26H26ClFN2O4. The smallest absolute Gasteiger partial charge is 0.329 e. The Morgan fingerprint density at radius 2 is 1.76 bits per heavy atom. The summed E-state index contributed by atoms with van der Waals surface area (Å²) in [7, 11) is 0. The maximum absolute atomic E-state index is 14.7. The Morgan fingerprint density at radius 1 is 1.06 bits per heavy atom. The first-order valence-electron chi connectivity index (χ1n) is 11.3. The van der Waals surface area contributed by atoms with E-state index in [9.17, 15) is 14.0 Å². The molecule has 3 aromatic rings. The summed E-state index contributed by atoms with van der Waals surface area (Å²) in [5.41, 5.74) is 1.67. The lowest BCUT2D eigenvalue weighted by Gasteiger charge is -2.28. The van der Waals surface area contributed by atoms with Crippen molar-refractivity contribution in [1.29, 1.82) is 0 Å². The van der Waals surface area contributed by atoms with Gasteiger partial charge in [0.15, 0.2) is 0 Å². The molecule has 1 heterocycles. The second-order valence-corrected chi connectivity index (χ2v) is 9.15. The molecule has 8 heteroatoms. The minimum absolute atomic E-state index is 0.241. The van der Waals surface area contributed by atoms with E-state index in [4.69, 9.17) is 21.4 Å². The molecule has 2 aromatic carbocycles. The van der Waals surface area contributed by atoms with Gasteiger partial charge in [-0.3, -0.25) is 4.79 Å². The average molecular weight is 485 g/mol. The highest BCUT2D eigenvalue weighted by Crippen LogP contribution is 2.33. The lowest BCUT2D eigenvalue weighted by Crippen LogP contribution is -2.29. The number of aliphatic carboxylic acids is 1. The van der Waals surface area contributed by atoms with Gasteiger partial charge < -0.3 is 9.84 Å². The van der Waals surface area contributed by atoms with Crippen molar-refractivity contribution < 1.29 is 19.0 Å². The molecule has 4 rings (SSSR count). The summed E-state index contributed by atoms with van der Waals surface area (Å²) in [4.78, 5) is 23.6. The largest absolute Gasteiger partial charge is 0.480 e. The van der Waals surface area contributed by atoms with Crippen LogP contribution >= 0.6 is 11.6 Å². The van der Waals surface area contributed by atoms with Crippen LogP contribution in [0.5, 0.6) is 0 Å². The van der Waals surface area contributed by atoms with Crippen molar-refractivity contribution in [1.82, 2.24) is 9.78 Å². The Balaban J connectivity index is 1.57. The number of hydrogen-bond donors (Lipinski definition) is 1. The summed E-state index contributed by atoms with van der Waals surface area (Å²) in [6.07, 6.45) is 3.63. The molecule has 0 amide bonds. The standard InChI is InChI=1S/C26H26ClFN2O4/c27-20-10-11-23(28)21(12-20)22-13-24(31)30(29-26(22)19-4-2-1-3-5-19)14-17-6-8-18(9-7-17)15-34-16-25(32)33/h1-5,10-13,17-18H,6-9,14-16H2,(H,32,33)/t17-,18+. The van der Waals surface area contributed by atoms with Gasteiger partial charge in [-0.25, -0.2) is 13.9 Å². The van der Waals surface area contributed by atoms with E-state index in [0.717, 1.165) is 31.2 Å². The normalized spacial score (nSPS) is 18.1. The van der Waals surface area contributed by atoms with E-state index in [1.165, 1.54) is 28.9 Å². The van der Waals surface area contributed by atoms with Crippen LogP contribution in [0.15, 0.2) is 59.4 Å². The van der Waals surface area contributed by atoms with E-state index < -0.39 is 11.8 Å². The van der Waals surface area contributed by atoms with Gasteiger partial charge in [-0.2, -0.15) is 5.10 Å². The van der Waals surface area contributed by atoms with Crippen LogP contribution < -0.4 is 5.56 Å². The molecule has 178 valence electrons. The molecule has 0 radical (unpaired) electrons. The van der Waals surface area contributed by atoms with Crippen LogP contribution in [-0.4, -0.2) is 34.1 Å². The highest BCUT2D eigenvalue weighted by molar-refractivity contribution is 6.30. The minimum atomic E-state index is -0.963. The van der Waals surface area contributed by atoms with Crippen molar-refractivity contribution in [2.24, 2.45) is 11.8 Å². The number of rotatable bonds is 8. The van der Waals surface area contributed by atoms with Gasteiger partial charge in [-0.05, 0) is 55.7 Å². The molecule has 34 heavy (non-hydrogen) atoms. The molecule has 0 atom stereocenters. The van der Waals surface area contributed by atoms with E-state index in [1.807, 2.05) is 30.3 Å². The summed E-state index contributed by atoms with van der Waals surface area (Å²) in [5, 5.41) is 13.8. The molecular weight excluding hydrogens is 459 g/mol. The van der Waals surface area contributed by atoms with Crippen LogP contribution in [0.3, 0.4) is 0 Å². The molecule has 6 nitrogen and oxygen atoms in total. The van der Waals surface area contributed by atoms with Crippen molar-refractivity contribution in [3.63, 3.8) is 0 Å². The van der Waals surface area contributed by atoms with Crippen molar-refractivity contribution in [3.8, 4) is 22.4 Å². The first kappa shape index (κ1) is 24.1. The summed E-state index contributed by atoms with van der Waals surface area (Å²) in [6.45, 7) is 0.635. The molecule has 1 aliphatic carbocycles. The van der Waals surface area contributed by atoms with Crippen molar-refractivity contribution >= 4 is 17.6 Å². The Labute approximate surface area is 202 Å². The number of benzene rings is 2. The molecule has 0 saturated heterocycles. The summed E-state index contributed by atoms with van der Waals surface area (Å²) in [6, 6.07) is 15.1. The van der Waals surface area contributed by atoms with Crippen LogP contribution in [0.4, 0.5) is 4.39 Å². The van der Waals surface area contributed by atoms with Crippen LogP contribution in [-0.2, 0) is 16.1 Å². The van der Waals surface area contributed by atoms with E-state index >= 15 is 0 Å². The maximum atomic E-state index is 14.7. The molecule has 0 unspecified atom stereocenters. The van der Waals surface area contributed by atoms with Gasteiger partial charge in [-0.1, -0.05) is 41.9 Å². The Morgan fingerprint density at radius 3 is 2.47 bits per heavy atom. The molecule has 0 spiro atoms. The second-order valence-electron chi connectivity index (χ2n) is 8.71. The zero-order chi connectivity index (χ0) is 24.1. The van der Waals surface area contributed by atoms with Crippen LogP contribution in [0.2, 0.25) is 5.02 Å². The quantitative estimate of drug-likeness (QED) is 0.470. The number of hydrogen-bond acceptors (Lipinski definition) is 4. The summed E-state index contributed by atoms with van der Waals surface area (Å²) < 4.78 is 21.4. The number of carbonyl (C=O) groups is 1. The van der Waals surface area contributed by atoms with Crippen molar-refractivity contribution in [2.75, 3.05) is 13.2 Å². The van der Waals surface area contributed by atoms with Crippen LogP contribution in [0.25, 0.3) is 22.4 Å². The van der Waals surface area contributed by atoms with E-state index in [0.29, 0.717) is 35.3 Å². The molecule has 0 bridgehead atoms. The van der Waals surface area contributed by atoms with Gasteiger partial charge in [0.2, 0.25) is 0 Å². The van der Waals surface area contributed by atoms with Gasteiger partial charge >= 0.3 is 5.97 Å². The maximum Gasteiger partial charge on any atom is 0.329 e. The van der Waals surface area contributed by atoms with Crippen molar-refractivity contribution in [3.05, 3.63) is 75.8 Å². The molecule has 1 N–H and O–H groups in total. The molecule has 1 aliphatic rings.